The molecule has 0 radical (unpaired) electrons. The van der Waals surface area contributed by atoms with Crippen LogP contribution in [0.25, 0.3) is 0 Å². The van der Waals surface area contributed by atoms with Crippen molar-refractivity contribution >= 4 is 17.9 Å². The van der Waals surface area contributed by atoms with Gasteiger partial charge < -0.3 is 23.7 Å². The maximum Gasteiger partial charge on any atom is 0.311 e. The Hall–Kier alpha value is -1.74. The van der Waals surface area contributed by atoms with Gasteiger partial charge in [-0.3, -0.25) is 14.4 Å². The van der Waals surface area contributed by atoms with Gasteiger partial charge in [-0.2, -0.15) is 0 Å². The van der Waals surface area contributed by atoms with Crippen LogP contribution in [0.2, 0.25) is 0 Å². The average Bonchev–Trinajstić information content (AvgIpc) is 2.75. The molecule has 1 saturated carbocycles. The molecule has 208 valence electrons. The molecule has 0 aromatic rings. The normalized spacial score (nSPS) is 28.3. The molecule has 0 amide bonds. The Labute approximate surface area is 214 Å². The fourth-order valence-electron chi connectivity index (χ4n) is 3.75. The highest BCUT2D eigenvalue weighted by molar-refractivity contribution is 5.77. The monoisotopic (exact) mass is 516 g/mol. The van der Waals surface area contributed by atoms with Gasteiger partial charge in [-0.25, -0.2) is 4.39 Å². The predicted octanol–water partition coefficient (Wildman–Crippen LogP) is 4.90. The quantitative estimate of drug-likeness (QED) is 0.363. The van der Waals surface area contributed by atoms with Gasteiger partial charge in [0, 0.05) is 0 Å². The fourth-order valence-corrected chi connectivity index (χ4v) is 3.75. The highest BCUT2D eigenvalue weighted by Gasteiger charge is 2.53. The summed E-state index contributed by atoms with van der Waals surface area (Å²) < 4.78 is 44.7. The van der Waals surface area contributed by atoms with E-state index in [2.05, 4.69) is 0 Å². The van der Waals surface area contributed by atoms with Crippen molar-refractivity contribution in [1.82, 2.24) is 0 Å². The van der Waals surface area contributed by atoms with E-state index >= 15 is 4.39 Å². The van der Waals surface area contributed by atoms with Crippen molar-refractivity contribution in [3.8, 4) is 0 Å². The molecule has 2 aliphatic rings. The Kier molecular flexibility index (Phi) is 9.96. The molecule has 1 saturated heterocycles. The average molecular weight is 517 g/mol. The molecule has 9 heteroatoms. The minimum atomic E-state index is -1.91. The van der Waals surface area contributed by atoms with Gasteiger partial charge >= 0.3 is 17.9 Å². The maximum atomic E-state index is 15.9. The van der Waals surface area contributed by atoms with E-state index in [1.165, 1.54) is 0 Å². The number of hydrogen-bond donors (Lipinski definition) is 0. The molecule has 0 bridgehead atoms. The van der Waals surface area contributed by atoms with Gasteiger partial charge in [-0.1, -0.05) is 19.3 Å². The van der Waals surface area contributed by atoms with Crippen LogP contribution in [0.4, 0.5) is 4.39 Å². The summed E-state index contributed by atoms with van der Waals surface area (Å²) in [5.41, 5.74) is -2.62. The van der Waals surface area contributed by atoms with Gasteiger partial charge in [-0.15, -0.1) is 0 Å². The predicted molar refractivity (Wildman–Crippen MR) is 131 cm³/mol. The molecule has 0 unspecified atom stereocenters. The zero-order chi connectivity index (χ0) is 27.5. The Morgan fingerprint density at radius 3 is 1.69 bits per heavy atom. The second-order valence-corrected chi connectivity index (χ2v) is 13.0. The fraction of sp³-hybridized carbons (Fsp3) is 0.889. The summed E-state index contributed by atoms with van der Waals surface area (Å²) in [6.45, 7) is 14.7. The van der Waals surface area contributed by atoms with Crippen LogP contribution in [-0.4, -0.2) is 61.4 Å². The zero-order valence-corrected chi connectivity index (χ0v) is 23.4. The van der Waals surface area contributed by atoms with Gasteiger partial charge in [-0.05, 0) is 75.2 Å². The molecule has 1 aliphatic heterocycles. The molecule has 0 aromatic heterocycles. The van der Waals surface area contributed by atoms with E-state index in [1.807, 2.05) is 0 Å². The summed E-state index contributed by atoms with van der Waals surface area (Å²) in [6.07, 6.45) is -2.85. The summed E-state index contributed by atoms with van der Waals surface area (Å²) in [6, 6.07) is 0. The van der Waals surface area contributed by atoms with Crippen molar-refractivity contribution in [2.45, 2.75) is 131 Å². The molecular formula is C27H45FO8. The molecule has 5 atom stereocenters. The summed E-state index contributed by atoms with van der Waals surface area (Å²) in [4.78, 5) is 38.1. The van der Waals surface area contributed by atoms with Crippen LogP contribution in [0.15, 0.2) is 0 Å². The van der Waals surface area contributed by atoms with Crippen molar-refractivity contribution in [2.24, 2.45) is 16.2 Å². The van der Waals surface area contributed by atoms with Gasteiger partial charge in [0.15, 0.2) is 24.7 Å². The largest absolute Gasteiger partial charge is 0.462 e. The van der Waals surface area contributed by atoms with E-state index < -0.39 is 64.9 Å². The van der Waals surface area contributed by atoms with E-state index in [1.54, 1.807) is 62.3 Å². The summed E-state index contributed by atoms with van der Waals surface area (Å²) >= 11 is 0. The van der Waals surface area contributed by atoms with Crippen LogP contribution in [0.5, 0.6) is 0 Å². The van der Waals surface area contributed by atoms with E-state index in [-0.39, 0.29) is 12.7 Å². The van der Waals surface area contributed by atoms with E-state index in [4.69, 9.17) is 23.7 Å². The number of ether oxygens (including phenoxy) is 5. The molecule has 0 aromatic carbocycles. The Morgan fingerprint density at radius 2 is 1.22 bits per heavy atom. The minimum Gasteiger partial charge on any atom is -0.462 e. The van der Waals surface area contributed by atoms with Gasteiger partial charge in [0.05, 0.1) is 22.3 Å². The van der Waals surface area contributed by atoms with Gasteiger partial charge in [0.25, 0.3) is 0 Å². The number of rotatable bonds is 6. The van der Waals surface area contributed by atoms with E-state index in [9.17, 15) is 14.4 Å². The maximum absolute atomic E-state index is 15.9. The van der Waals surface area contributed by atoms with Gasteiger partial charge in [0.2, 0.25) is 0 Å². The summed E-state index contributed by atoms with van der Waals surface area (Å²) in [7, 11) is 0. The SMILES string of the molecule is CC(C)(C)C(=O)OC[C@H]1O[C@H](OC2CCCCC2)[C@H](F)[C@@H](OC(=O)C(C)(C)C)[C@@H]1OC(=O)C(C)(C)C. The molecule has 0 spiro atoms. The highest BCUT2D eigenvalue weighted by Crippen LogP contribution is 2.35. The molecule has 1 heterocycles. The first-order valence-corrected chi connectivity index (χ1v) is 13.0. The lowest BCUT2D eigenvalue weighted by atomic mass is 9.93. The van der Waals surface area contributed by atoms with Crippen molar-refractivity contribution in [2.75, 3.05) is 6.61 Å². The van der Waals surface area contributed by atoms with Crippen molar-refractivity contribution in [3.05, 3.63) is 0 Å². The second-order valence-electron chi connectivity index (χ2n) is 13.0. The van der Waals surface area contributed by atoms with Crippen LogP contribution in [-0.2, 0) is 38.1 Å². The first-order valence-electron chi connectivity index (χ1n) is 13.0. The summed E-state index contributed by atoms with van der Waals surface area (Å²) in [5.74, 6) is -1.78. The van der Waals surface area contributed by atoms with Gasteiger partial charge in [0.1, 0.15) is 12.7 Å². The lowest BCUT2D eigenvalue weighted by molar-refractivity contribution is -0.306. The Balaban J connectivity index is 2.39. The summed E-state index contributed by atoms with van der Waals surface area (Å²) in [5, 5.41) is 0. The number of hydrogen-bond acceptors (Lipinski definition) is 8. The topological polar surface area (TPSA) is 97.4 Å². The van der Waals surface area contributed by atoms with Crippen molar-refractivity contribution in [3.63, 3.8) is 0 Å². The highest BCUT2D eigenvalue weighted by atomic mass is 19.1. The lowest BCUT2D eigenvalue weighted by Crippen LogP contribution is -2.62. The van der Waals surface area contributed by atoms with Crippen LogP contribution in [0.1, 0.15) is 94.4 Å². The molecule has 1 aliphatic carbocycles. The number of alkyl halides is 1. The van der Waals surface area contributed by atoms with Crippen LogP contribution in [0.3, 0.4) is 0 Å². The molecule has 0 N–H and O–H groups in total. The molecule has 2 fully saturated rings. The third-order valence-electron chi connectivity index (χ3n) is 6.15. The lowest BCUT2D eigenvalue weighted by Gasteiger charge is -2.44. The molecule has 2 rings (SSSR count). The van der Waals surface area contributed by atoms with Crippen molar-refractivity contribution in [1.29, 1.82) is 0 Å². The number of carbonyl (C=O) groups is 3. The molecular weight excluding hydrogens is 471 g/mol. The first kappa shape index (κ1) is 30.5. The number of carbonyl (C=O) groups excluding carboxylic acids is 3. The van der Waals surface area contributed by atoms with Crippen molar-refractivity contribution < 1.29 is 42.5 Å². The zero-order valence-electron chi connectivity index (χ0n) is 23.4. The standard InChI is InChI=1S/C27H45FO8/c1-25(2,3)22(29)32-15-17-19(35-23(30)26(4,5)6)20(36-24(31)27(7,8)9)18(28)21(34-17)33-16-13-11-10-12-14-16/h16-21H,10-15H2,1-9H3/t17-,18-,19-,20-,21+/m1/s1. The Bertz CT molecular complexity index is 770. The Morgan fingerprint density at radius 1 is 0.750 bits per heavy atom. The van der Waals surface area contributed by atoms with E-state index in [0.29, 0.717) is 0 Å². The van der Waals surface area contributed by atoms with E-state index in [0.717, 1.165) is 32.1 Å². The number of halogens is 1. The third kappa shape index (κ3) is 8.40. The minimum absolute atomic E-state index is 0.201. The first-order chi connectivity index (χ1) is 16.4. The van der Waals surface area contributed by atoms with Crippen LogP contribution >= 0.6 is 0 Å². The smallest absolute Gasteiger partial charge is 0.311 e. The number of esters is 3. The van der Waals surface area contributed by atoms with Crippen LogP contribution in [0, 0.1) is 16.2 Å². The molecule has 36 heavy (non-hydrogen) atoms. The second kappa shape index (κ2) is 11.8. The third-order valence-corrected chi connectivity index (χ3v) is 6.15. The molecule has 8 nitrogen and oxygen atoms in total. The van der Waals surface area contributed by atoms with Crippen LogP contribution < -0.4 is 0 Å².